The van der Waals surface area contributed by atoms with E-state index in [0.717, 1.165) is 31.5 Å². The van der Waals surface area contributed by atoms with E-state index in [0.29, 0.717) is 17.1 Å². The van der Waals surface area contributed by atoms with Gasteiger partial charge in [0, 0.05) is 25.0 Å². The molecule has 1 aromatic heterocycles. The zero-order valence-corrected chi connectivity index (χ0v) is 14.2. The molecule has 1 aliphatic rings. The van der Waals surface area contributed by atoms with E-state index in [1.807, 2.05) is 31.2 Å². The third kappa shape index (κ3) is 4.35. The van der Waals surface area contributed by atoms with Crippen LogP contribution in [-0.4, -0.2) is 36.6 Å². The molecule has 6 nitrogen and oxygen atoms in total. The third-order valence-corrected chi connectivity index (χ3v) is 4.08. The lowest BCUT2D eigenvalue weighted by molar-refractivity contribution is -0.119. The molecule has 0 saturated carbocycles. The van der Waals surface area contributed by atoms with Crippen molar-refractivity contribution in [3.05, 3.63) is 53.7 Å². The first-order chi connectivity index (χ1) is 12.1. The summed E-state index contributed by atoms with van der Waals surface area (Å²) in [6.45, 7) is 3.40. The van der Waals surface area contributed by atoms with Crippen LogP contribution >= 0.6 is 0 Å². The number of pyridine rings is 1. The molecule has 1 amide bonds. The topological polar surface area (TPSA) is 71.5 Å². The first-order valence-electron chi connectivity index (χ1n) is 8.37. The second-order valence-electron chi connectivity index (χ2n) is 6.06. The van der Waals surface area contributed by atoms with Gasteiger partial charge in [0.1, 0.15) is 11.4 Å². The van der Waals surface area contributed by atoms with Crippen LogP contribution in [0, 0.1) is 6.92 Å². The summed E-state index contributed by atoms with van der Waals surface area (Å²) in [5.41, 5.74) is 2.17. The molecule has 25 heavy (non-hydrogen) atoms. The summed E-state index contributed by atoms with van der Waals surface area (Å²) in [5.74, 6) is -0.276. The fourth-order valence-electron chi connectivity index (χ4n) is 2.78. The van der Waals surface area contributed by atoms with Crippen molar-refractivity contribution in [3.63, 3.8) is 0 Å². The Morgan fingerprint density at radius 1 is 1.16 bits per heavy atom. The lowest BCUT2D eigenvalue weighted by atomic mass is 10.2. The maximum absolute atomic E-state index is 12.4. The van der Waals surface area contributed by atoms with E-state index in [1.165, 1.54) is 0 Å². The summed E-state index contributed by atoms with van der Waals surface area (Å²) in [4.78, 5) is 30.7. The number of carbonyl (C=O) groups excluding carboxylic acids is 2. The number of nitrogens with one attached hydrogen (secondary N) is 1. The van der Waals surface area contributed by atoms with Gasteiger partial charge < -0.3 is 15.0 Å². The minimum Gasteiger partial charge on any atom is -0.452 e. The standard InChI is InChI=1S/C19H21N3O3/c1-14-6-8-15(9-7-14)21-17(23)13-25-19(24)16-5-4-10-20-18(16)22-11-2-3-12-22/h4-10H,2-3,11-13H2,1H3,(H,21,23). The van der Waals surface area contributed by atoms with Gasteiger partial charge in [-0.15, -0.1) is 0 Å². The highest BCUT2D eigenvalue weighted by Gasteiger charge is 2.21. The van der Waals surface area contributed by atoms with E-state index in [-0.39, 0.29) is 12.5 Å². The van der Waals surface area contributed by atoms with Crippen LogP contribution in [0.1, 0.15) is 28.8 Å². The normalized spacial score (nSPS) is 13.6. The van der Waals surface area contributed by atoms with E-state index in [9.17, 15) is 9.59 Å². The zero-order valence-electron chi connectivity index (χ0n) is 14.2. The van der Waals surface area contributed by atoms with Crippen molar-refractivity contribution >= 4 is 23.4 Å². The van der Waals surface area contributed by atoms with Crippen molar-refractivity contribution in [2.45, 2.75) is 19.8 Å². The number of aryl methyl sites for hydroxylation is 1. The first kappa shape index (κ1) is 17.0. The molecule has 6 heteroatoms. The number of ether oxygens (including phenoxy) is 1. The summed E-state index contributed by atoms with van der Waals surface area (Å²) in [6.07, 6.45) is 3.84. The van der Waals surface area contributed by atoms with E-state index >= 15 is 0 Å². The van der Waals surface area contributed by atoms with Crippen molar-refractivity contribution in [1.29, 1.82) is 0 Å². The van der Waals surface area contributed by atoms with Gasteiger partial charge in [-0.3, -0.25) is 4.79 Å². The van der Waals surface area contributed by atoms with Crippen molar-refractivity contribution < 1.29 is 14.3 Å². The number of nitrogens with zero attached hydrogens (tertiary/aromatic N) is 2. The molecule has 1 fully saturated rings. The summed E-state index contributed by atoms with van der Waals surface area (Å²) in [7, 11) is 0. The van der Waals surface area contributed by atoms with Crippen LogP contribution in [-0.2, 0) is 9.53 Å². The molecule has 0 bridgehead atoms. The number of hydrogen-bond acceptors (Lipinski definition) is 5. The van der Waals surface area contributed by atoms with Crippen LogP contribution in [0.25, 0.3) is 0 Å². The van der Waals surface area contributed by atoms with Gasteiger partial charge in [-0.1, -0.05) is 17.7 Å². The number of benzene rings is 1. The zero-order chi connectivity index (χ0) is 17.6. The maximum atomic E-state index is 12.4. The van der Waals surface area contributed by atoms with Gasteiger partial charge in [-0.25, -0.2) is 9.78 Å². The maximum Gasteiger partial charge on any atom is 0.342 e. The summed E-state index contributed by atoms with van der Waals surface area (Å²) < 4.78 is 5.17. The summed E-state index contributed by atoms with van der Waals surface area (Å²) in [6, 6.07) is 10.8. The molecule has 0 unspecified atom stereocenters. The largest absolute Gasteiger partial charge is 0.452 e. The number of anilines is 2. The predicted octanol–water partition coefficient (Wildman–Crippen LogP) is 2.79. The number of amides is 1. The molecule has 3 rings (SSSR count). The third-order valence-electron chi connectivity index (χ3n) is 4.08. The van der Waals surface area contributed by atoms with Gasteiger partial charge in [-0.2, -0.15) is 0 Å². The number of rotatable bonds is 5. The molecule has 0 atom stereocenters. The molecule has 2 aromatic rings. The molecule has 130 valence electrons. The first-order valence-corrected chi connectivity index (χ1v) is 8.37. The SMILES string of the molecule is Cc1ccc(NC(=O)COC(=O)c2cccnc2N2CCCC2)cc1. The Morgan fingerprint density at radius 2 is 1.88 bits per heavy atom. The van der Waals surface area contributed by atoms with Gasteiger partial charge in [0.2, 0.25) is 0 Å². The molecule has 0 spiro atoms. The highest BCUT2D eigenvalue weighted by Crippen LogP contribution is 2.22. The number of carbonyl (C=O) groups is 2. The van der Waals surface area contributed by atoms with Crippen LogP contribution in [0.4, 0.5) is 11.5 Å². The minimum atomic E-state index is -0.533. The lowest BCUT2D eigenvalue weighted by Gasteiger charge is -2.18. The van der Waals surface area contributed by atoms with Crippen LogP contribution in [0.5, 0.6) is 0 Å². The Kier molecular flexibility index (Phi) is 5.28. The van der Waals surface area contributed by atoms with E-state index in [4.69, 9.17) is 4.74 Å². The number of hydrogen-bond donors (Lipinski definition) is 1. The molecule has 2 heterocycles. The van der Waals surface area contributed by atoms with E-state index in [1.54, 1.807) is 18.3 Å². The van der Waals surface area contributed by atoms with Gasteiger partial charge in [0.15, 0.2) is 6.61 Å². The molecule has 1 N–H and O–H groups in total. The molecule has 1 aromatic carbocycles. The molecule has 1 saturated heterocycles. The molecule has 1 aliphatic heterocycles. The van der Waals surface area contributed by atoms with Crippen LogP contribution in [0.15, 0.2) is 42.6 Å². The Morgan fingerprint density at radius 3 is 2.60 bits per heavy atom. The van der Waals surface area contributed by atoms with Crippen LogP contribution in [0.2, 0.25) is 0 Å². The van der Waals surface area contributed by atoms with Crippen molar-refractivity contribution in [2.24, 2.45) is 0 Å². The second-order valence-corrected chi connectivity index (χ2v) is 6.06. The monoisotopic (exact) mass is 339 g/mol. The highest BCUT2D eigenvalue weighted by molar-refractivity contribution is 5.98. The Labute approximate surface area is 146 Å². The van der Waals surface area contributed by atoms with Gasteiger partial charge >= 0.3 is 5.97 Å². The van der Waals surface area contributed by atoms with Crippen molar-refractivity contribution in [1.82, 2.24) is 4.98 Å². The Balaban J connectivity index is 1.59. The average molecular weight is 339 g/mol. The van der Waals surface area contributed by atoms with Crippen molar-refractivity contribution in [3.8, 4) is 0 Å². The molecule has 0 aliphatic carbocycles. The smallest absolute Gasteiger partial charge is 0.342 e. The Hall–Kier alpha value is -2.89. The molecular formula is C19H21N3O3. The molecule has 0 radical (unpaired) electrons. The number of aromatic nitrogens is 1. The number of esters is 1. The molecular weight excluding hydrogens is 318 g/mol. The van der Waals surface area contributed by atoms with E-state index in [2.05, 4.69) is 15.2 Å². The quantitative estimate of drug-likeness (QED) is 0.848. The van der Waals surface area contributed by atoms with Crippen LogP contribution in [0.3, 0.4) is 0 Å². The van der Waals surface area contributed by atoms with Gasteiger partial charge in [0.25, 0.3) is 5.91 Å². The fraction of sp³-hybridized carbons (Fsp3) is 0.316. The van der Waals surface area contributed by atoms with E-state index < -0.39 is 5.97 Å². The summed E-state index contributed by atoms with van der Waals surface area (Å²) >= 11 is 0. The fourth-order valence-corrected chi connectivity index (χ4v) is 2.78. The van der Waals surface area contributed by atoms with Gasteiger partial charge in [0.05, 0.1) is 0 Å². The van der Waals surface area contributed by atoms with Crippen LogP contribution < -0.4 is 10.2 Å². The minimum absolute atomic E-state index is 0.332. The predicted molar refractivity (Wildman–Crippen MR) is 95.8 cm³/mol. The lowest BCUT2D eigenvalue weighted by Crippen LogP contribution is -2.24. The average Bonchev–Trinajstić information content (AvgIpc) is 3.16. The highest BCUT2D eigenvalue weighted by atomic mass is 16.5. The summed E-state index contributed by atoms with van der Waals surface area (Å²) in [5, 5.41) is 2.70. The van der Waals surface area contributed by atoms with Gasteiger partial charge in [-0.05, 0) is 44.0 Å². The van der Waals surface area contributed by atoms with Crippen molar-refractivity contribution in [2.75, 3.05) is 29.9 Å². The second kappa shape index (κ2) is 7.79. The Bertz CT molecular complexity index is 753.